The molecule has 6 heteroatoms. The summed E-state index contributed by atoms with van der Waals surface area (Å²) in [6.45, 7) is 4.74. The molecule has 0 aliphatic carbocycles. The minimum absolute atomic E-state index is 0.0543. The van der Waals surface area contributed by atoms with Crippen LogP contribution in [0.25, 0.3) is 0 Å². The molecule has 1 unspecified atom stereocenters. The number of benzene rings is 1. The van der Waals surface area contributed by atoms with Crippen LogP contribution in [-0.2, 0) is 17.9 Å². The fourth-order valence-electron chi connectivity index (χ4n) is 2.39. The molecule has 1 atom stereocenters. The monoisotopic (exact) mass is 286 g/mol. The second kappa shape index (κ2) is 5.65. The van der Waals surface area contributed by atoms with Gasteiger partial charge in [-0.2, -0.15) is 0 Å². The summed E-state index contributed by atoms with van der Waals surface area (Å²) in [7, 11) is 0. The Balaban J connectivity index is 1.80. The molecule has 0 bridgehead atoms. The topological polar surface area (TPSA) is 69.0 Å². The molecule has 3 rings (SSSR count). The Morgan fingerprint density at radius 3 is 2.86 bits per heavy atom. The van der Waals surface area contributed by atoms with E-state index in [1.165, 1.54) is 0 Å². The van der Waals surface area contributed by atoms with Gasteiger partial charge in [-0.25, -0.2) is 4.68 Å². The molecule has 110 valence electrons. The van der Waals surface area contributed by atoms with Gasteiger partial charge in [-0.3, -0.25) is 4.79 Å². The summed E-state index contributed by atoms with van der Waals surface area (Å²) in [5.74, 6) is -0.201. The molecule has 2 heterocycles. The van der Waals surface area contributed by atoms with Gasteiger partial charge in [0.15, 0.2) is 5.69 Å². The summed E-state index contributed by atoms with van der Waals surface area (Å²) in [6, 6.07) is 10.1. The van der Waals surface area contributed by atoms with Crippen LogP contribution in [0.1, 0.15) is 41.7 Å². The molecule has 1 aromatic heterocycles. The van der Waals surface area contributed by atoms with Crippen molar-refractivity contribution in [1.82, 2.24) is 20.3 Å². The van der Waals surface area contributed by atoms with Gasteiger partial charge in [0.25, 0.3) is 5.91 Å². The van der Waals surface area contributed by atoms with Crippen molar-refractivity contribution in [3.63, 3.8) is 0 Å². The molecular weight excluding hydrogens is 268 g/mol. The summed E-state index contributed by atoms with van der Waals surface area (Å²) in [6.07, 6.45) is -0.0543. The first-order chi connectivity index (χ1) is 10.1. The molecule has 1 N–H and O–H groups in total. The van der Waals surface area contributed by atoms with E-state index in [1.807, 2.05) is 44.2 Å². The fourth-order valence-corrected chi connectivity index (χ4v) is 2.39. The van der Waals surface area contributed by atoms with Gasteiger partial charge in [-0.05, 0) is 19.4 Å². The molecule has 21 heavy (non-hydrogen) atoms. The Bertz CT molecular complexity index is 636. The van der Waals surface area contributed by atoms with Crippen molar-refractivity contribution in [3.05, 3.63) is 47.3 Å². The van der Waals surface area contributed by atoms with Crippen molar-refractivity contribution in [1.29, 1.82) is 0 Å². The lowest BCUT2D eigenvalue weighted by molar-refractivity contribution is -0.00177. The van der Waals surface area contributed by atoms with Crippen LogP contribution < -0.4 is 5.32 Å². The van der Waals surface area contributed by atoms with E-state index >= 15 is 0 Å². The number of rotatable bonds is 3. The fraction of sp³-hybridized carbons (Fsp3) is 0.400. The highest BCUT2D eigenvalue weighted by Gasteiger charge is 2.27. The molecule has 1 aliphatic rings. The van der Waals surface area contributed by atoms with E-state index in [9.17, 15) is 4.79 Å². The van der Waals surface area contributed by atoms with Crippen LogP contribution in [0.5, 0.6) is 0 Å². The van der Waals surface area contributed by atoms with Gasteiger partial charge in [0.2, 0.25) is 0 Å². The normalized spacial score (nSPS) is 17.6. The second-order valence-corrected chi connectivity index (χ2v) is 5.41. The highest BCUT2D eigenvalue weighted by molar-refractivity contribution is 5.93. The van der Waals surface area contributed by atoms with Crippen molar-refractivity contribution >= 4 is 5.91 Å². The third kappa shape index (κ3) is 2.80. The predicted molar refractivity (Wildman–Crippen MR) is 76.6 cm³/mol. The Labute approximate surface area is 123 Å². The van der Waals surface area contributed by atoms with Crippen LogP contribution in [0, 0.1) is 0 Å². The van der Waals surface area contributed by atoms with Crippen LogP contribution in [0.4, 0.5) is 0 Å². The van der Waals surface area contributed by atoms with Gasteiger partial charge in [-0.1, -0.05) is 35.5 Å². The van der Waals surface area contributed by atoms with E-state index < -0.39 is 0 Å². The number of amides is 1. The van der Waals surface area contributed by atoms with Crippen molar-refractivity contribution in [3.8, 4) is 0 Å². The maximum absolute atomic E-state index is 12.1. The zero-order chi connectivity index (χ0) is 14.8. The van der Waals surface area contributed by atoms with Crippen LogP contribution in [-0.4, -0.2) is 26.9 Å². The number of nitrogens with one attached hydrogen (secondary N) is 1. The number of hydrogen-bond acceptors (Lipinski definition) is 4. The maximum Gasteiger partial charge on any atom is 0.274 e. The number of carbonyl (C=O) groups is 1. The van der Waals surface area contributed by atoms with Crippen LogP contribution in [0.2, 0.25) is 0 Å². The SMILES string of the molecule is CC(C)NC(=O)c1nnn2c1COC(c1ccccc1)C2. The van der Waals surface area contributed by atoms with Gasteiger partial charge in [0.1, 0.15) is 6.10 Å². The highest BCUT2D eigenvalue weighted by Crippen LogP contribution is 2.26. The summed E-state index contributed by atoms with van der Waals surface area (Å²) in [5, 5.41) is 10.9. The van der Waals surface area contributed by atoms with E-state index in [-0.39, 0.29) is 18.1 Å². The van der Waals surface area contributed by atoms with E-state index in [0.717, 1.165) is 11.3 Å². The predicted octanol–water partition coefficient (Wildman–Crippen LogP) is 1.69. The number of carbonyl (C=O) groups excluding carboxylic acids is 1. The summed E-state index contributed by atoms with van der Waals surface area (Å²) < 4.78 is 7.62. The molecule has 0 radical (unpaired) electrons. The molecule has 0 spiro atoms. The average Bonchev–Trinajstić information content (AvgIpc) is 2.90. The highest BCUT2D eigenvalue weighted by atomic mass is 16.5. The van der Waals surface area contributed by atoms with Gasteiger partial charge >= 0.3 is 0 Å². The summed E-state index contributed by atoms with van der Waals surface area (Å²) in [5.41, 5.74) is 2.20. The van der Waals surface area contributed by atoms with Crippen molar-refractivity contribution in [2.45, 2.75) is 39.1 Å². The number of aromatic nitrogens is 3. The minimum Gasteiger partial charge on any atom is -0.365 e. The van der Waals surface area contributed by atoms with Gasteiger partial charge < -0.3 is 10.1 Å². The number of ether oxygens (including phenoxy) is 1. The van der Waals surface area contributed by atoms with Crippen LogP contribution in [0.3, 0.4) is 0 Å². The maximum atomic E-state index is 12.1. The van der Waals surface area contributed by atoms with Gasteiger partial charge in [-0.15, -0.1) is 5.10 Å². The van der Waals surface area contributed by atoms with Gasteiger partial charge in [0.05, 0.1) is 18.8 Å². The average molecular weight is 286 g/mol. The second-order valence-electron chi connectivity index (χ2n) is 5.41. The van der Waals surface area contributed by atoms with E-state index in [1.54, 1.807) is 4.68 Å². The third-order valence-electron chi connectivity index (χ3n) is 3.40. The molecule has 2 aromatic rings. The zero-order valence-electron chi connectivity index (χ0n) is 12.1. The molecule has 1 aromatic carbocycles. The van der Waals surface area contributed by atoms with Crippen LogP contribution in [0.15, 0.2) is 30.3 Å². The molecule has 6 nitrogen and oxygen atoms in total. The number of hydrogen-bond donors (Lipinski definition) is 1. The molecule has 1 aliphatic heterocycles. The number of fused-ring (bicyclic) bond motifs is 1. The quantitative estimate of drug-likeness (QED) is 0.932. The lowest BCUT2D eigenvalue weighted by Gasteiger charge is -2.24. The van der Waals surface area contributed by atoms with Crippen molar-refractivity contribution < 1.29 is 9.53 Å². The van der Waals surface area contributed by atoms with E-state index in [2.05, 4.69) is 15.6 Å². The van der Waals surface area contributed by atoms with Gasteiger partial charge in [0, 0.05) is 6.04 Å². The summed E-state index contributed by atoms with van der Waals surface area (Å²) in [4.78, 5) is 12.1. The molecule has 0 fully saturated rings. The first-order valence-corrected chi connectivity index (χ1v) is 7.05. The van der Waals surface area contributed by atoms with Crippen molar-refractivity contribution in [2.75, 3.05) is 0 Å². The minimum atomic E-state index is -0.201. The largest absolute Gasteiger partial charge is 0.365 e. The first-order valence-electron chi connectivity index (χ1n) is 7.05. The lowest BCUT2D eigenvalue weighted by atomic mass is 10.1. The molecule has 0 saturated carbocycles. The van der Waals surface area contributed by atoms with E-state index in [0.29, 0.717) is 18.8 Å². The summed E-state index contributed by atoms with van der Waals surface area (Å²) >= 11 is 0. The van der Waals surface area contributed by atoms with Crippen LogP contribution >= 0.6 is 0 Å². The van der Waals surface area contributed by atoms with E-state index in [4.69, 9.17) is 4.74 Å². The first kappa shape index (κ1) is 13.8. The lowest BCUT2D eigenvalue weighted by Crippen LogP contribution is -2.32. The molecule has 1 amide bonds. The smallest absolute Gasteiger partial charge is 0.274 e. The third-order valence-corrected chi connectivity index (χ3v) is 3.40. The number of nitrogens with zero attached hydrogens (tertiary/aromatic N) is 3. The van der Waals surface area contributed by atoms with Crippen molar-refractivity contribution in [2.24, 2.45) is 0 Å². The zero-order valence-corrected chi connectivity index (χ0v) is 12.1. The Morgan fingerprint density at radius 2 is 2.14 bits per heavy atom. The standard InChI is InChI=1S/C15H18N4O2/c1-10(2)16-15(20)14-12-9-21-13(8-19(12)18-17-14)11-6-4-3-5-7-11/h3-7,10,13H,8-9H2,1-2H3,(H,16,20). The molecular formula is C15H18N4O2. The Kier molecular flexibility index (Phi) is 3.70. The Hall–Kier alpha value is -2.21. The Morgan fingerprint density at radius 1 is 1.38 bits per heavy atom. The molecule has 0 saturated heterocycles.